The maximum atomic E-state index is 12.0. The minimum atomic E-state index is -0.146. The van der Waals surface area contributed by atoms with Crippen molar-refractivity contribution < 1.29 is 4.79 Å². The van der Waals surface area contributed by atoms with E-state index in [2.05, 4.69) is 34.7 Å². The van der Waals surface area contributed by atoms with Gasteiger partial charge in [0.2, 0.25) is 5.91 Å². The van der Waals surface area contributed by atoms with Crippen molar-refractivity contribution in [1.82, 2.24) is 10.3 Å². The van der Waals surface area contributed by atoms with Crippen molar-refractivity contribution in [3.05, 3.63) is 59.2 Å². The lowest BCUT2D eigenvalue weighted by atomic mass is 10.1. The summed E-state index contributed by atoms with van der Waals surface area (Å²) in [6.45, 7) is 4.10. The van der Waals surface area contributed by atoms with Gasteiger partial charge in [-0.25, -0.2) is 4.98 Å². The van der Waals surface area contributed by atoms with Gasteiger partial charge < -0.3 is 10.6 Å². The molecule has 1 aromatic heterocycles. The molecule has 0 aliphatic rings. The number of carbonyl (C=O) groups is 1. The molecule has 0 unspecified atom stereocenters. The van der Waals surface area contributed by atoms with Crippen LogP contribution in [0, 0.1) is 13.8 Å². The minimum absolute atomic E-state index is 0.146. The first kappa shape index (κ1) is 16.5. The highest BCUT2D eigenvalue weighted by atomic mass is 32.1. The fourth-order valence-electron chi connectivity index (χ4n) is 2.50. The van der Waals surface area contributed by atoms with Gasteiger partial charge in [-0.15, -0.1) is 0 Å². The van der Waals surface area contributed by atoms with Crippen LogP contribution in [-0.2, 0) is 11.2 Å². The molecule has 0 aliphatic carbocycles. The van der Waals surface area contributed by atoms with Crippen LogP contribution < -0.4 is 10.6 Å². The van der Waals surface area contributed by atoms with E-state index in [1.165, 1.54) is 16.9 Å². The van der Waals surface area contributed by atoms with Gasteiger partial charge in [0, 0.05) is 0 Å². The summed E-state index contributed by atoms with van der Waals surface area (Å²) in [6, 6.07) is 13.8. The van der Waals surface area contributed by atoms with Crippen molar-refractivity contribution in [3.63, 3.8) is 0 Å². The van der Waals surface area contributed by atoms with Gasteiger partial charge in [-0.1, -0.05) is 47.7 Å². The standard InChI is InChI=1S/C18H17N3OS2/c1-11-8-12(2)16-14(9-11)24-18(20-16)21-17(23)19-15(22)10-13-6-4-3-5-7-13/h3-9H,10H2,1-2H3,(H2,19,20,21,22,23). The maximum Gasteiger partial charge on any atom is 0.230 e. The van der Waals surface area contributed by atoms with Crippen LogP contribution >= 0.6 is 23.6 Å². The van der Waals surface area contributed by atoms with Gasteiger partial charge in [0.25, 0.3) is 0 Å². The zero-order chi connectivity index (χ0) is 17.1. The molecule has 2 aromatic carbocycles. The number of rotatable bonds is 3. The Hall–Kier alpha value is -2.31. The van der Waals surface area contributed by atoms with Crippen LogP contribution in [0.3, 0.4) is 0 Å². The van der Waals surface area contributed by atoms with Crippen molar-refractivity contribution in [2.24, 2.45) is 0 Å². The average Bonchev–Trinajstić information content (AvgIpc) is 2.90. The molecule has 0 radical (unpaired) electrons. The lowest BCUT2D eigenvalue weighted by Crippen LogP contribution is -2.35. The minimum Gasteiger partial charge on any atom is -0.308 e. The molecule has 0 saturated heterocycles. The summed E-state index contributed by atoms with van der Waals surface area (Å²) in [5, 5.41) is 6.65. The van der Waals surface area contributed by atoms with E-state index in [9.17, 15) is 4.79 Å². The van der Waals surface area contributed by atoms with Crippen molar-refractivity contribution in [2.75, 3.05) is 5.32 Å². The van der Waals surface area contributed by atoms with E-state index in [4.69, 9.17) is 12.2 Å². The summed E-state index contributed by atoms with van der Waals surface area (Å²) >= 11 is 6.74. The molecule has 3 rings (SSSR count). The van der Waals surface area contributed by atoms with Crippen molar-refractivity contribution in [2.45, 2.75) is 20.3 Å². The fraction of sp³-hybridized carbons (Fsp3) is 0.167. The number of fused-ring (bicyclic) bond motifs is 1. The van der Waals surface area contributed by atoms with E-state index in [-0.39, 0.29) is 11.0 Å². The number of nitrogens with one attached hydrogen (secondary N) is 2. The molecule has 0 spiro atoms. The highest BCUT2D eigenvalue weighted by Gasteiger charge is 2.10. The number of benzene rings is 2. The molecule has 0 saturated carbocycles. The second kappa shape index (κ2) is 7.07. The number of aryl methyl sites for hydroxylation is 2. The number of thiazole rings is 1. The zero-order valence-corrected chi connectivity index (χ0v) is 15.1. The van der Waals surface area contributed by atoms with Gasteiger partial charge in [-0.2, -0.15) is 0 Å². The van der Waals surface area contributed by atoms with E-state index in [0.29, 0.717) is 11.6 Å². The predicted molar refractivity (Wildman–Crippen MR) is 104 cm³/mol. The van der Waals surface area contributed by atoms with E-state index >= 15 is 0 Å². The Morgan fingerprint density at radius 1 is 1.21 bits per heavy atom. The number of hydrogen-bond acceptors (Lipinski definition) is 4. The molecule has 122 valence electrons. The second-order valence-electron chi connectivity index (χ2n) is 5.61. The Morgan fingerprint density at radius 3 is 2.71 bits per heavy atom. The number of thiocarbonyl (C=S) groups is 1. The summed E-state index contributed by atoms with van der Waals surface area (Å²) in [5.74, 6) is -0.146. The number of nitrogens with zero attached hydrogens (tertiary/aromatic N) is 1. The van der Waals surface area contributed by atoms with Crippen LogP contribution in [-0.4, -0.2) is 16.0 Å². The fourth-order valence-corrected chi connectivity index (χ4v) is 3.83. The van der Waals surface area contributed by atoms with Crippen molar-refractivity contribution >= 4 is 49.9 Å². The third kappa shape index (κ3) is 3.96. The van der Waals surface area contributed by atoms with Gasteiger partial charge in [0.1, 0.15) is 0 Å². The molecule has 0 aliphatic heterocycles. The molecule has 2 N–H and O–H groups in total. The van der Waals surface area contributed by atoms with Crippen LogP contribution in [0.2, 0.25) is 0 Å². The number of aromatic nitrogens is 1. The summed E-state index contributed by atoms with van der Waals surface area (Å²) in [7, 11) is 0. The Kier molecular flexibility index (Phi) is 4.87. The molecular weight excluding hydrogens is 338 g/mol. The predicted octanol–water partition coefficient (Wildman–Crippen LogP) is 3.97. The van der Waals surface area contributed by atoms with Gasteiger partial charge in [-0.05, 0) is 48.8 Å². The van der Waals surface area contributed by atoms with Crippen molar-refractivity contribution in [3.8, 4) is 0 Å². The molecule has 0 bridgehead atoms. The van der Waals surface area contributed by atoms with Gasteiger partial charge in [0.05, 0.1) is 16.6 Å². The van der Waals surface area contributed by atoms with Crippen LogP contribution in [0.4, 0.5) is 5.13 Å². The van der Waals surface area contributed by atoms with Gasteiger partial charge in [-0.3, -0.25) is 4.79 Å². The first-order valence-electron chi connectivity index (χ1n) is 7.54. The zero-order valence-electron chi connectivity index (χ0n) is 13.4. The summed E-state index contributed by atoms with van der Waals surface area (Å²) < 4.78 is 1.11. The topological polar surface area (TPSA) is 54.0 Å². The Morgan fingerprint density at radius 2 is 1.96 bits per heavy atom. The number of amides is 1. The molecule has 6 heteroatoms. The smallest absolute Gasteiger partial charge is 0.230 e. The molecule has 3 aromatic rings. The van der Waals surface area contributed by atoms with Crippen LogP contribution in [0.15, 0.2) is 42.5 Å². The maximum absolute atomic E-state index is 12.0. The lowest BCUT2D eigenvalue weighted by molar-refractivity contribution is -0.119. The Bertz CT molecular complexity index is 903. The second-order valence-corrected chi connectivity index (χ2v) is 7.05. The molecule has 1 heterocycles. The lowest BCUT2D eigenvalue weighted by Gasteiger charge is -2.07. The quantitative estimate of drug-likeness (QED) is 0.698. The molecule has 24 heavy (non-hydrogen) atoms. The SMILES string of the molecule is Cc1cc(C)c2nc(NC(=S)NC(=O)Cc3ccccc3)sc2c1. The Balaban J connectivity index is 1.64. The summed E-state index contributed by atoms with van der Waals surface area (Å²) in [6.07, 6.45) is 0.292. The highest BCUT2D eigenvalue weighted by Crippen LogP contribution is 2.29. The van der Waals surface area contributed by atoms with E-state index in [0.717, 1.165) is 21.3 Å². The number of hydrogen-bond donors (Lipinski definition) is 2. The Labute approximate surface area is 149 Å². The molecule has 1 amide bonds. The molecular formula is C18H17N3OS2. The first-order chi connectivity index (χ1) is 11.5. The molecule has 4 nitrogen and oxygen atoms in total. The van der Waals surface area contributed by atoms with Gasteiger partial charge in [0.15, 0.2) is 10.2 Å². The normalized spacial score (nSPS) is 10.6. The summed E-state index contributed by atoms with van der Waals surface area (Å²) in [5.41, 5.74) is 4.25. The molecule has 0 fully saturated rings. The number of carbonyl (C=O) groups excluding carboxylic acids is 1. The van der Waals surface area contributed by atoms with E-state index in [1.807, 2.05) is 37.3 Å². The van der Waals surface area contributed by atoms with Crippen LogP contribution in [0.5, 0.6) is 0 Å². The largest absolute Gasteiger partial charge is 0.308 e. The van der Waals surface area contributed by atoms with E-state index < -0.39 is 0 Å². The van der Waals surface area contributed by atoms with Crippen molar-refractivity contribution in [1.29, 1.82) is 0 Å². The summed E-state index contributed by atoms with van der Waals surface area (Å²) in [4.78, 5) is 16.6. The van der Waals surface area contributed by atoms with Crippen LogP contribution in [0.1, 0.15) is 16.7 Å². The van der Waals surface area contributed by atoms with Crippen LogP contribution in [0.25, 0.3) is 10.2 Å². The first-order valence-corrected chi connectivity index (χ1v) is 8.76. The molecule has 0 atom stereocenters. The third-order valence-corrected chi connectivity index (χ3v) is 4.63. The number of anilines is 1. The monoisotopic (exact) mass is 355 g/mol. The highest BCUT2D eigenvalue weighted by molar-refractivity contribution is 7.80. The van der Waals surface area contributed by atoms with E-state index in [1.54, 1.807) is 0 Å². The van der Waals surface area contributed by atoms with Gasteiger partial charge >= 0.3 is 0 Å². The third-order valence-electron chi connectivity index (χ3n) is 3.51. The average molecular weight is 355 g/mol.